The number of benzene rings is 2. The van der Waals surface area contributed by atoms with Gasteiger partial charge in [-0.3, -0.25) is 14.6 Å². The van der Waals surface area contributed by atoms with E-state index in [1.54, 1.807) is 37.3 Å². The second-order valence-electron chi connectivity index (χ2n) is 7.82. The van der Waals surface area contributed by atoms with Gasteiger partial charge in [0.1, 0.15) is 23.1 Å². The van der Waals surface area contributed by atoms with E-state index >= 15 is 0 Å². The number of aromatic nitrogens is 3. The van der Waals surface area contributed by atoms with Crippen LogP contribution in [0.3, 0.4) is 0 Å². The van der Waals surface area contributed by atoms with Gasteiger partial charge in [-0.1, -0.05) is 29.8 Å². The van der Waals surface area contributed by atoms with E-state index in [-0.39, 0.29) is 40.0 Å². The van der Waals surface area contributed by atoms with Crippen LogP contribution in [-0.2, 0) is 0 Å². The summed E-state index contributed by atoms with van der Waals surface area (Å²) < 4.78 is 30.2. The molecule has 0 unspecified atom stereocenters. The Bertz CT molecular complexity index is 1430. The molecule has 0 radical (unpaired) electrons. The number of anilines is 1. The van der Waals surface area contributed by atoms with Gasteiger partial charge in [0.2, 0.25) is 0 Å². The first-order valence-corrected chi connectivity index (χ1v) is 11.1. The highest BCUT2D eigenvalue weighted by atomic mass is 35.5. The van der Waals surface area contributed by atoms with Crippen molar-refractivity contribution in [3.8, 4) is 16.9 Å². The molecule has 2 amide bonds. The predicted octanol–water partition coefficient (Wildman–Crippen LogP) is 4.23. The highest BCUT2D eigenvalue weighted by molar-refractivity contribution is 6.34. The zero-order chi connectivity index (χ0) is 25.8. The molecule has 11 heteroatoms. The van der Waals surface area contributed by atoms with E-state index in [1.165, 1.54) is 23.0 Å². The van der Waals surface area contributed by atoms with Crippen LogP contribution in [0.2, 0.25) is 5.02 Å². The Morgan fingerprint density at radius 2 is 1.81 bits per heavy atom. The van der Waals surface area contributed by atoms with E-state index in [4.69, 9.17) is 11.6 Å². The summed E-state index contributed by atoms with van der Waals surface area (Å²) in [5.41, 5.74) is -0.123. The number of nitrogens with zero attached hydrogens (tertiary/aromatic N) is 3. The molecule has 0 bridgehead atoms. The van der Waals surface area contributed by atoms with Gasteiger partial charge in [-0.2, -0.15) is 5.10 Å². The molecule has 2 aromatic heterocycles. The van der Waals surface area contributed by atoms with Crippen LogP contribution < -0.4 is 10.6 Å². The SMILES string of the molecule is C[C@H](CO)NC(=O)c1cc(NC(=O)c2cc(-c3ncccc3F)c(F)cc2Cl)n(-c2ccccc2)n1. The van der Waals surface area contributed by atoms with Gasteiger partial charge in [-0.15, -0.1) is 0 Å². The zero-order valence-corrected chi connectivity index (χ0v) is 19.6. The normalized spacial score (nSPS) is 11.7. The molecule has 4 aromatic rings. The summed E-state index contributed by atoms with van der Waals surface area (Å²) in [6.07, 6.45) is 1.30. The minimum atomic E-state index is -0.847. The third kappa shape index (κ3) is 5.24. The van der Waals surface area contributed by atoms with Crippen LogP contribution in [-0.4, -0.2) is 44.3 Å². The van der Waals surface area contributed by atoms with Gasteiger partial charge in [0.05, 0.1) is 22.9 Å². The lowest BCUT2D eigenvalue weighted by atomic mass is 10.1. The van der Waals surface area contributed by atoms with Crippen molar-refractivity contribution in [2.24, 2.45) is 0 Å². The first-order chi connectivity index (χ1) is 17.3. The van der Waals surface area contributed by atoms with Gasteiger partial charge in [-0.05, 0) is 43.3 Å². The Morgan fingerprint density at radius 1 is 1.06 bits per heavy atom. The van der Waals surface area contributed by atoms with Crippen LogP contribution in [0.15, 0.2) is 66.9 Å². The first kappa shape index (κ1) is 25.0. The highest BCUT2D eigenvalue weighted by Crippen LogP contribution is 2.30. The average molecular weight is 512 g/mol. The molecule has 2 heterocycles. The summed E-state index contributed by atoms with van der Waals surface area (Å²) in [4.78, 5) is 29.6. The monoisotopic (exact) mass is 511 g/mol. The molecule has 2 aromatic carbocycles. The van der Waals surface area contributed by atoms with Crippen LogP contribution in [0.4, 0.5) is 14.6 Å². The van der Waals surface area contributed by atoms with E-state index < -0.39 is 29.5 Å². The fourth-order valence-electron chi connectivity index (χ4n) is 3.36. The summed E-state index contributed by atoms with van der Waals surface area (Å²) in [6, 6.07) is 14.1. The maximum Gasteiger partial charge on any atom is 0.272 e. The van der Waals surface area contributed by atoms with Gasteiger partial charge >= 0.3 is 0 Å². The number of aliphatic hydroxyl groups excluding tert-OH is 1. The van der Waals surface area contributed by atoms with Crippen LogP contribution >= 0.6 is 11.6 Å². The van der Waals surface area contributed by atoms with E-state index in [9.17, 15) is 23.5 Å². The van der Waals surface area contributed by atoms with Crippen LogP contribution in [0.1, 0.15) is 27.8 Å². The minimum Gasteiger partial charge on any atom is -0.394 e. The van der Waals surface area contributed by atoms with Gasteiger partial charge in [0.15, 0.2) is 5.69 Å². The van der Waals surface area contributed by atoms with Crippen molar-refractivity contribution < 1.29 is 23.5 Å². The van der Waals surface area contributed by atoms with Crippen molar-refractivity contribution in [1.82, 2.24) is 20.1 Å². The van der Waals surface area contributed by atoms with E-state index in [0.29, 0.717) is 5.69 Å². The Hall–Kier alpha value is -4.15. The fourth-order valence-corrected chi connectivity index (χ4v) is 3.60. The molecule has 0 fully saturated rings. The molecule has 3 N–H and O–H groups in total. The molecule has 0 spiro atoms. The van der Waals surface area contributed by atoms with Crippen molar-refractivity contribution in [3.05, 3.63) is 94.8 Å². The summed E-state index contributed by atoms with van der Waals surface area (Å²) in [7, 11) is 0. The lowest BCUT2D eigenvalue weighted by molar-refractivity contribution is 0.0916. The largest absolute Gasteiger partial charge is 0.394 e. The van der Waals surface area contributed by atoms with Crippen LogP contribution in [0.25, 0.3) is 16.9 Å². The first-order valence-electron chi connectivity index (χ1n) is 10.8. The topological polar surface area (TPSA) is 109 Å². The quantitative estimate of drug-likeness (QED) is 0.344. The number of rotatable bonds is 7. The lowest BCUT2D eigenvalue weighted by Gasteiger charge is -2.12. The molecule has 0 aliphatic heterocycles. The molecule has 184 valence electrons. The number of aliphatic hydroxyl groups is 1. The zero-order valence-electron chi connectivity index (χ0n) is 18.9. The summed E-state index contributed by atoms with van der Waals surface area (Å²) in [6.45, 7) is 1.35. The molecular formula is C25H20ClF2N5O3. The van der Waals surface area contributed by atoms with Crippen molar-refractivity contribution in [1.29, 1.82) is 0 Å². The van der Waals surface area contributed by atoms with Gasteiger partial charge in [0, 0.05) is 23.9 Å². The molecule has 0 aliphatic rings. The number of hydrogen-bond donors (Lipinski definition) is 3. The molecule has 0 aliphatic carbocycles. The predicted molar refractivity (Wildman–Crippen MR) is 130 cm³/mol. The van der Waals surface area contributed by atoms with Gasteiger partial charge in [-0.25, -0.2) is 13.5 Å². The van der Waals surface area contributed by atoms with E-state index in [2.05, 4.69) is 20.7 Å². The molecule has 4 rings (SSSR count). The van der Waals surface area contributed by atoms with Crippen LogP contribution in [0.5, 0.6) is 0 Å². The Morgan fingerprint density at radius 3 is 2.50 bits per heavy atom. The number of halogens is 3. The molecule has 1 atom stereocenters. The maximum absolute atomic E-state index is 14.6. The third-order valence-corrected chi connectivity index (χ3v) is 5.46. The number of hydrogen-bond acceptors (Lipinski definition) is 5. The number of pyridine rings is 1. The second kappa shape index (κ2) is 10.6. The smallest absolute Gasteiger partial charge is 0.272 e. The average Bonchev–Trinajstić information content (AvgIpc) is 3.29. The maximum atomic E-state index is 14.6. The number of para-hydroxylation sites is 1. The number of carbonyl (C=O) groups is 2. The molecular weight excluding hydrogens is 492 g/mol. The lowest BCUT2D eigenvalue weighted by Crippen LogP contribution is -2.35. The summed E-state index contributed by atoms with van der Waals surface area (Å²) >= 11 is 6.15. The number of carbonyl (C=O) groups excluding carboxylic acids is 2. The van der Waals surface area contributed by atoms with Crippen molar-refractivity contribution in [2.75, 3.05) is 11.9 Å². The summed E-state index contributed by atoms with van der Waals surface area (Å²) in [5, 5.41) is 18.5. The van der Waals surface area contributed by atoms with Gasteiger partial charge < -0.3 is 15.7 Å². The molecule has 0 saturated heterocycles. The number of nitrogens with one attached hydrogen (secondary N) is 2. The Labute approximate surface area is 209 Å². The van der Waals surface area contributed by atoms with Gasteiger partial charge in [0.25, 0.3) is 11.8 Å². The van der Waals surface area contributed by atoms with E-state index in [0.717, 1.165) is 18.2 Å². The molecule has 0 saturated carbocycles. The molecule has 8 nitrogen and oxygen atoms in total. The fraction of sp³-hybridized carbons (Fsp3) is 0.120. The van der Waals surface area contributed by atoms with Crippen LogP contribution in [0, 0.1) is 11.6 Å². The third-order valence-electron chi connectivity index (χ3n) is 5.15. The standard InChI is InChI=1S/C25H20ClF2N5O3/c1-14(13-34)30-25(36)21-12-22(33(32-21)15-6-3-2-4-7-15)31-24(35)16-10-17(20(28)11-18(16)26)23-19(27)8-5-9-29-23/h2-12,14,34H,13H2,1H3,(H,30,36)(H,31,35)/t14-/m1/s1. The Balaban J connectivity index is 1.72. The van der Waals surface area contributed by atoms with Crippen molar-refractivity contribution in [3.63, 3.8) is 0 Å². The number of amides is 2. The van der Waals surface area contributed by atoms with E-state index in [1.807, 2.05) is 0 Å². The minimum absolute atomic E-state index is 0.0177. The second-order valence-corrected chi connectivity index (χ2v) is 8.23. The molecule has 36 heavy (non-hydrogen) atoms. The Kier molecular flexibility index (Phi) is 7.37. The van der Waals surface area contributed by atoms with Crippen molar-refractivity contribution >= 4 is 29.2 Å². The summed E-state index contributed by atoms with van der Waals surface area (Å²) in [5.74, 6) is -2.79. The van der Waals surface area contributed by atoms with Crippen molar-refractivity contribution in [2.45, 2.75) is 13.0 Å². The highest BCUT2D eigenvalue weighted by Gasteiger charge is 2.22.